The third-order valence-corrected chi connectivity index (χ3v) is 8.91. The van der Waals surface area contributed by atoms with Crippen LogP contribution in [0.25, 0.3) is 0 Å². The van der Waals surface area contributed by atoms with Crippen LogP contribution in [0.3, 0.4) is 0 Å². The summed E-state index contributed by atoms with van der Waals surface area (Å²) in [7, 11) is 0. The predicted octanol–water partition coefficient (Wildman–Crippen LogP) is 7.39. The van der Waals surface area contributed by atoms with Crippen molar-refractivity contribution >= 4 is 29.1 Å². The lowest BCUT2D eigenvalue weighted by atomic mass is 10.1. The molecule has 0 N–H and O–H groups in total. The van der Waals surface area contributed by atoms with Crippen LogP contribution in [0.15, 0.2) is 54.6 Å². The number of alkyl halides is 9. The van der Waals surface area contributed by atoms with Crippen LogP contribution in [-0.2, 0) is 18.5 Å². The highest BCUT2D eigenvalue weighted by atomic mass is 31.2. The summed E-state index contributed by atoms with van der Waals surface area (Å²) in [5.74, 6) is 0. The summed E-state index contributed by atoms with van der Waals surface area (Å²) in [6.07, 6.45) is -10.9. The Balaban J connectivity index is 2.51. The van der Waals surface area contributed by atoms with Gasteiger partial charge in [0.1, 0.15) is 0 Å². The lowest BCUT2D eigenvalue weighted by Crippen LogP contribution is -2.29. The van der Waals surface area contributed by atoms with Crippen LogP contribution in [0.4, 0.5) is 39.5 Å². The first-order chi connectivity index (χ1) is 15.8. The summed E-state index contributed by atoms with van der Waals surface area (Å²) in [5, 5.41) is -0.244. The van der Waals surface area contributed by atoms with Crippen LogP contribution in [0.2, 0.25) is 0 Å². The minimum absolute atomic E-state index is 0.00722. The van der Waals surface area contributed by atoms with Gasteiger partial charge in [0.15, 0.2) is 0 Å². The second-order valence-corrected chi connectivity index (χ2v) is 11.6. The van der Waals surface area contributed by atoms with Gasteiger partial charge in [-0.05, 0) is 79.5 Å². The standard InChI is InChI=1S/C25H20F9P/c1-14-5-15(2)8-20(7-14)35(4,21-9-16(3)6-17(11-21)23(26,27)28)22-12-18(24(29,30)31)10-19(13-22)25(32,33)34/h5-13H,4H2,1-3H3. The van der Waals surface area contributed by atoms with E-state index in [0.29, 0.717) is 23.3 Å². The third-order valence-electron chi connectivity index (χ3n) is 5.49. The number of hydrogen-bond donors (Lipinski definition) is 0. The smallest absolute Gasteiger partial charge is 0.166 e. The van der Waals surface area contributed by atoms with Crippen molar-refractivity contribution in [1.82, 2.24) is 0 Å². The number of rotatable bonds is 3. The molecule has 0 nitrogen and oxygen atoms in total. The molecule has 0 saturated carbocycles. The van der Waals surface area contributed by atoms with Crippen molar-refractivity contribution in [1.29, 1.82) is 0 Å². The first kappa shape index (κ1) is 26.9. The maximum absolute atomic E-state index is 13.6. The van der Waals surface area contributed by atoms with Crippen molar-refractivity contribution in [3.8, 4) is 0 Å². The van der Waals surface area contributed by atoms with E-state index >= 15 is 0 Å². The first-order valence-electron chi connectivity index (χ1n) is 10.1. The quantitative estimate of drug-likeness (QED) is 0.249. The molecule has 0 amide bonds. The van der Waals surface area contributed by atoms with Gasteiger partial charge < -0.3 is 0 Å². The molecule has 0 bridgehead atoms. The van der Waals surface area contributed by atoms with E-state index < -0.39 is 47.4 Å². The topological polar surface area (TPSA) is 0 Å². The number of hydrogen-bond acceptors (Lipinski definition) is 0. The summed E-state index contributed by atoms with van der Waals surface area (Å²) >= 11 is 0. The first-order valence-corrected chi connectivity index (χ1v) is 12.1. The molecule has 0 aliphatic rings. The van der Waals surface area contributed by atoms with Gasteiger partial charge in [-0.15, -0.1) is 0 Å². The molecule has 1 atom stereocenters. The van der Waals surface area contributed by atoms with Crippen LogP contribution < -0.4 is 15.9 Å². The van der Waals surface area contributed by atoms with E-state index in [1.165, 1.54) is 25.1 Å². The molecule has 35 heavy (non-hydrogen) atoms. The van der Waals surface area contributed by atoms with Gasteiger partial charge in [0, 0.05) is 0 Å². The molecular formula is C25H20F9P. The molecule has 188 valence electrons. The lowest BCUT2D eigenvalue weighted by molar-refractivity contribution is -0.143. The molecule has 0 fully saturated rings. The van der Waals surface area contributed by atoms with Crippen molar-refractivity contribution in [2.45, 2.75) is 39.3 Å². The minimum atomic E-state index is -5.12. The van der Waals surface area contributed by atoms with Crippen molar-refractivity contribution in [2.24, 2.45) is 0 Å². The molecule has 0 saturated heterocycles. The van der Waals surface area contributed by atoms with Gasteiger partial charge in [0.25, 0.3) is 0 Å². The molecule has 3 rings (SSSR count). The normalized spacial score (nSPS) is 14.6. The van der Waals surface area contributed by atoms with Crippen molar-refractivity contribution in [3.63, 3.8) is 0 Å². The highest BCUT2D eigenvalue weighted by Crippen LogP contribution is 2.46. The fraction of sp³-hybridized carbons (Fsp3) is 0.240. The fourth-order valence-corrected chi connectivity index (χ4v) is 7.17. The molecule has 0 aliphatic carbocycles. The molecule has 0 spiro atoms. The van der Waals surface area contributed by atoms with E-state index in [4.69, 9.17) is 0 Å². The molecule has 3 aromatic rings. The summed E-state index contributed by atoms with van der Waals surface area (Å²) in [4.78, 5) is 0. The molecule has 0 aromatic heterocycles. The molecule has 0 heterocycles. The molecular weight excluding hydrogens is 502 g/mol. The van der Waals surface area contributed by atoms with Gasteiger partial charge in [-0.3, -0.25) is 0 Å². The van der Waals surface area contributed by atoms with Crippen LogP contribution in [0, 0.1) is 20.8 Å². The molecule has 3 aromatic carbocycles. The third kappa shape index (κ3) is 5.61. The second-order valence-electron chi connectivity index (χ2n) is 8.47. The Bertz CT molecular complexity index is 1260. The highest BCUT2D eigenvalue weighted by Gasteiger charge is 2.39. The zero-order valence-corrected chi connectivity index (χ0v) is 19.6. The van der Waals surface area contributed by atoms with Gasteiger partial charge in [0.05, 0.1) is 16.7 Å². The largest absolute Gasteiger partial charge is 0.416 e. The molecule has 10 heteroatoms. The summed E-state index contributed by atoms with van der Waals surface area (Å²) in [6.45, 7) is 1.07. The lowest BCUT2D eigenvalue weighted by Gasteiger charge is -2.30. The molecule has 0 aliphatic heterocycles. The number of halogens is 9. The van der Waals surface area contributed by atoms with Crippen LogP contribution >= 0.6 is 6.89 Å². The van der Waals surface area contributed by atoms with E-state index in [1.807, 2.05) is 0 Å². The Morgan fingerprint density at radius 2 is 0.743 bits per heavy atom. The van der Waals surface area contributed by atoms with Crippen molar-refractivity contribution in [3.05, 3.63) is 88.0 Å². The van der Waals surface area contributed by atoms with Gasteiger partial charge in [-0.1, -0.05) is 41.7 Å². The Kier molecular flexibility index (Phi) is 6.75. The van der Waals surface area contributed by atoms with E-state index in [-0.39, 0.29) is 22.2 Å². The van der Waals surface area contributed by atoms with E-state index in [9.17, 15) is 39.5 Å². The minimum Gasteiger partial charge on any atom is -0.166 e. The number of aryl methyl sites for hydroxylation is 3. The van der Waals surface area contributed by atoms with Gasteiger partial charge in [0.2, 0.25) is 0 Å². The Morgan fingerprint density at radius 3 is 1.11 bits per heavy atom. The fourth-order valence-electron chi connectivity index (χ4n) is 3.92. The van der Waals surface area contributed by atoms with Gasteiger partial charge >= 0.3 is 18.5 Å². The summed E-state index contributed by atoms with van der Waals surface area (Å²) in [5.41, 5.74) is -2.74. The zero-order valence-electron chi connectivity index (χ0n) is 18.8. The number of benzene rings is 3. The summed E-state index contributed by atoms with van der Waals surface area (Å²) < 4.78 is 123. The predicted molar refractivity (Wildman–Crippen MR) is 121 cm³/mol. The Hall–Kier alpha value is -2.67. The maximum atomic E-state index is 13.6. The highest BCUT2D eigenvalue weighted by molar-refractivity contribution is 7.93. The zero-order chi connectivity index (χ0) is 26.6. The second kappa shape index (κ2) is 8.77. The molecule has 1 unspecified atom stereocenters. The van der Waals surface area contributed by atoms with Crippen molar-refractivity contribution < 1.29 is 39.5 Å². The van der Waals surface area contributed by atoms with Crippen LogP contribution in [0.1, 0.15) is 33.4 Å². The Morgan fingerprint density at radius 1 is 0.457 bits per heavy atom. The summed E-state index contributed by atoms with van der Waals surface area (Å²) in [6, 6.07) is 8.88. The van der Waals surface area contributed by atoms with Gasteiger partial charge in [-0.2, -0.15) is 39.5 Å². The van der Waals surface area contributed by atoms with E-state index in [2.05, 4.69) is 6.30 Å². The van der Waals surface area contributed by atoms with Crippen LogP contribution in [0.5, 0.6) is 0 Å². The van der Waals surface area contributed by atoms with Gasteiger partial charge in [-0.25, -0.2) is 0 Å². The maximum Gasteiger partial charge on any atom is 0.416 e. The average molecular weight is 522 g/mol. The monoisotopic (exact) mass is 522 g/mol. The van der Waals surface area contributed by atoms with E-state index in [1.54, 1.807) is 19.9 Å². The molecule has 0 radical (unpaired) electrons. The van der Waals surface area contributed by atoms with Crippen LogP contribution in [-0.4, -0.2) is 6.30 Å². The van der Waals surface area contributed by atoms with Crippen molar-refractivity contribution in [2.75, 3.05) is 0 Å². The van der Waals surface area contributed by atoms with E-state index in [0.717, 1.165) is 12.1 Å². The average Bonchev–Trinajstić information content (AvgIpc) is 2.69. The Labute approximate surface area is 196 Å². The SMILES string of the molecule is C=P(c1cc(C)cc(C)c1)(c1cc(C)cc(C(F)(F)F)c1)c1cc(C(F)(F)F)cc(C(F)(F)F)c1.